The summed E-state index contributed by atoms with van der Waals surface area (Å²) < 4.78 is 2.69. The molecule has 1 heterocycles. The molecule has 0 atom stereocenters. The van der Waals surface area contributed by atoms with Crippen LogP contribution in [0.2, 0.25) is 5.15 Å². The van der Waals surface area contributed by atoms with Crippen LogP contribution in [0.1, 0.15) is 35.6 Å². The average molecular weight is 337 g/mol. The lowest BCUT2D eigenvalue weighted by atomic mass is 10.2. The highest BCUT2D eigenvalue weighted by Crippen LogP contribution is 2.43. The number of aromatic nitrogens is 2. The van der Waals surface area contributed by atoms with Crippen LogP contribution in [0.25, 0.3) is 5.69 Å². The van der Waals surface area contributed by atoms with Gasteiger partial charge in [0.2, 0.25) is 0 Å². The van der Waals surface area contributed by atoms with Gasteiger partial charge in [0.05, 0.1) is 11.4 Å². The lowest BCUT2D eigenvalue weighted by Crippen LogP contribution is -1.99. The predicted octanol–water partition coefficient (Wildman–Crippen LogP) is 4.35. The van der Waals surface area contributed by atoms with Gasteiger partial charge in [0, 0.05) is 10.4 Å². The topological polar surface area (TPSA) is 41.6 Å². The van der Waals surface area contributed by atoms with Gasteiger partial charge in [0.1, 0.15) is 11.6 Å². The summed E-state index contributed by atoms with van der Waals surface area (Å²) in [6.07, 6.45) is 2.20. The summed E-state index contributed by atoms with van der Waals surface area (Å²) in [7, 11) is 0. The Morgan fingerprint density at radius 1 is 1.47 bits per heavy atom. The second kappa shape index (κ2) is 4.66. The summed E-state index contributed by atoms with van der Waals surface area (Å²) in [4.78, 5) is 0. The minimum atomic E-state index is 0.407. The van der Waals surface area contributed by atoms with Gasteiger partial charge in [-0.15, -0.1) is 0 Å². The van der Waals surface area contributed by atoms with Gasteiger partial charge in [-0.05, 0) is 43.5 Å². The van der Waals surface area contributed by atoms with Gasteiger partial charge in [-0.25, -0.2) is 4.68 Å². The molecular weight excluding hydrogens is 326 g/mol. The lowest BCUT2D eigenvalue weighted by Gasteiger charge is -2.07. The summed E-state index contributed by atoms with van der Waals surface area (Å²) in [5, 5.41) is 14.2. The van der Waals surface area contributed by atoms with E-state index >= 15 is 0 Å². The number of hydrogen-bond donors (Lipinski definition) is 0. The zero-order chi connectivity index (χ0) is 13.6. The lowest BCUT2D eigenvalue weighted by molar-refractivity contribution is 0.832. The van der Waals surface area contributed by atoms with Gasteiger partial charge >= 0.3 is 0 Å². The second-order valence-electron chi connectivity index (χ2n) is 4.78. The standard InChI is InChI=1S/C14H11BrClN3/c1-8-6-10(15)4-5-12(8)19-14(16)11(7-17)13(18-19)9-2-3-9/h4-6,9H,2-3H2,1H3. The first kappa shape index (κ1) is 12.7. The summed E-state index contributed by atoms with van der Waals surface area (Å²) >= 11 is 9.75. The van der Waals surface area contributed by atoms with Gasteiger partial charge in [-0.2, -0.15) is 10.4 Å². The van der Waals surface area contributed by atoms with Gasteiger partial charge < -0.3 is 0 Å². The molecule has 1 saturated carbocycles. The van der Waals surface area contributed by atoms with E-state index < -0.39 is 0 Å². The molecule has 19 heavy (non-hydrogen) atoms. The summed E-state index contributed by atoms with van der Waals surface area (Å²) in [6, 6.07) is 8.09. The summed E-state index contributed by atoms with van der Waals surface area (Å²) in [5.74, 6) is 0.407. The highest BCUT2D eigenvalue weighted by Gasteiger charge is 2.32. The number of aryl methyl sites for hydroxylation is 1. The van der Waals surface area contributed by atoms with Crippen molar-refractivity contribution >= 4 is 27.5 Å². The van der Waals surface area contributed by atoms with E-state index in [1.165, 1.54) is 0 Å². The third-order valence-corrected chi connectivity index (χ3v) is 4.16. The minimum absolute atomic E-state index is 0.407. The quantitative estimate of drug-likeness (QED) is 0.818. The Bertz CT molecular complexity index is 695. The molecule has 1 fully saturated rings. The molecular formula is C14H11BrClN3. The van der Waals surface area contributed by atoms with Gasteiger partial charge in [0.25, 0.3) is 0 Å². The number of nitrogens with zero attached hydrogens (tertiary/aromatic N) is 3. The van der Waals surface area contributed by atoms with Crippen LogP contribution in [0.3, 0.4) is 0 Å². The molecule has 0 bridgehead atoms. The van der Waals surface area contributed by atoms with Crippen molar-refractivity contribution < 1.29 is 0 Å². The van der Waals surface area contributed by atoms with Crippen LogP contribution >= 0.6 is 27.5 Å². The summed E-state index contributed by atoms with van der Waals surface area (Å²) in [5.41, 5.74) is 3.34. The zero-order valence-corrected chi connectivity index (χ0v) is 12.7. The molecule has 1 aliphatic rings. The fourth-order valence-corrected chi connectivity index (χ4v) is 2.92. The van der Waals surface area contributed by atoms with Crippen LogP contribution < -0.4 is 0 Å². The van der Waals surface area contributed by atoms with Crippen molar-refractivity contribution in [3.8, 4) is 11.8 Å². The SMILES string of the molecule is Cc1cc(Br)ccc1-n1nc(C2CC2)c(C#N)c1Cl. The van der Waals surface area contributed by atoms with E-state index in [9.17, 15) is 5.26 Å². The highest BCUT2D eigenvalue weighted by atomic mass is 79.9. The highest BCUT2D eigenvalue weighted by molar-refractivity contribution is 9.10. The van der Waals surface area contributed by atoms with Crippen LogP contribution in [0.4, 0.5) is 0 Å². The maximum Gasteiger partial charge on any atom is 0.150 e. The monoisotopic (exact) mass is 335 g/mol. The maximum absolute atomic E-state index is 9.25. The molecule has 1 aromatic carbocycles. The average Bonchev–Trinajstić information content (AvgIpc) is 3.15. The van der Waals surface area contributed by atoms with E-state index in [0.29, 0.717) is 16.6 Å². The maximum atomic E-state index is 9.25. The van der Waals surface area contributed by atoms with Crippen LogP contribution in [0.5, 0.6) is 0 Å². The molecule has 96 valence electrons. The molecule has 0 radical (unpaired) electrons. The molecule has 0 N–H and O–H groups in total. The number of halogens is 2. The number of rotatable bonds is 2. The largest absolute Gasteiger partial charge is 0.220 e. The fraction of sp³-hybridized carbons (Fsp3) is 0.286. The van der Waals surface area contributed by atoms with Gasteiger partial charge in [0.15, 0.2) is 5.15 Å². The van der Waals surface area contributed by atoms with E-state index in [2.05, 4.69) is 27.1 Å². The second-order valence-corrected chi connectivity index (χ2v) is 6.05. The van der Waals surface area contributed by atoms with E-state index in [1.54, 1.807) is 4.68 Å². The van der Waals surface area contributed by atoms with Crippen molar-refractivity contribution in [2.45, 2.75) is 25.7 Å². The Morgan fingerprint density at radius 3 is 2.79 bits per heavy atom. The molecule has 3 rings (SSSR count). The van der Waals surface area contributed by atoms with Crippen molar-refractivity contribution in [2.24, 2.45) is 0 Å². The predicted molar refractivity (Wildman–Crippen MR) is 77.7 cm³/mol. The molecule has 1 aromatic heterocycles. The van der Waals surface area contributed by atoms with E-state index in [0.717, 1.165) is 34.3 Å². The van der Waals surface area contributed by atoms with Crippen molar-refractivity contribution in [2.75, 3.05) is 0 Å². The first-order valence-corrected chi connectivity index (χ1v) is 7.24. The first-order chi connectivity index (χ1) is 9.11. The number of nitriles is 1. The van der Waals surface area contributed by atoms with E-state index in [1.807, 2.05) is 25.1 Å². The Morgan fingerprint density at radius 2 is 2.21 bits per heavy atom. The normalized spacial score (nSPS) is 14.4. The van der Waals surface area contributed by atoms with E-state index in [4.69, 9.17) is 11.6 Å². The van der Waals surface area contributed by atoms with Gasteiger partial charge in [-0.1, -0.05) is 27.5 Å². The number of benzene rings is 1. The zero-order valence-electron chi connectivity index (χ0n) is 10.3. The van der Waals surface area contributed by atoms with Crippen LogP contribution in [-0.2, 0) is 0 Å². The van der Waals surface area contributed by atoms with Crippen LogP contribution in [0.15, 0.2) is 22.7 Å². The first-order valence-electron chi connectivity index (χ1n) is 6.07. The Kier molecular flexibility index (Phi) is 3.12. The van der Waals surface area contributed by atoms with Crippen molar-refractivity contribution in [3.63, 3.8) is 0 Å². The van der Waals surface area contributed by atoms with Crippen molar-refractivity contribution in [1.82, 2.24) is 9.78 Å². The molecule has 0 spiro atoms. The van der Waals surface area contributed by atoms with Crippen LogP contribution in [-0.4, -0.2) is 9.78 Å². The molecule has 2 aromatic rings. The molecule has 1 aliphatic carbocycles. The Hall–Kier alpha value is -1.31. The molecule has 0 saturated heterocycles. The third kappa shape index (κ3) is 2.18. The molecule has 3 nitrogen and oxygen atoms in total. The van der Waals surface area contributed by atoms with Crippen molar-refractivity contribution in [3.05, 3.63) is 44.6 Å². The molecule has 0 unspecified atom stereocenters. The minimum Gasteiger partial charge on any atom is -0.220 e. The smallest absolute Gasteiger partial charge is 0.150 e. The van der Waals surface area contributed by atoms with Crippen molar-refractivity contribution in [1.29, 1.82) is 5.26 Å². The molecule has 0 aliphatic heterocycles. The number of hydrogen-bond acceptors (Lipinski definition) is 2. The van der Waals surface area contributed by atoms with Gasteiger partial charge in [-0.3, -0.25) is 0 Å². The fourth-order valence-electron chi connectivity index (χ4n) is 2.18. The van der Waals surface area contributed by atoms with E-state index in [-0.39, 0.29) is 0 Å². The van der Waals surface area contributed by atoms with Crippen LogP contribution in [0, 0.1) is 18.3 Å². The Balaban J connectivity index is 2.18. The summed E-state index contributed by atoms with van der Waals surface area (Å²) in [6.45, 7) is 2.00. The molecule has 0 amide bonds. The molecule has 5 heteroatoms. The third-order valence-electron chi connectivity index (χ3n) is 3.32. The Labute approximate surface area is 124 Å².